The maximum atomic E-state index is 12.4. The van der Waals surface area contributed by atoms with Gasteiger partial charge in [-0.15, -0.1) is 10.2 Å². The van der Waals surface area contributed by atoms with Crippen LogP contribution in [0.4, 0.5) is 0 Å². The number of aryl methyl sites for hydroxylation is 1. The molecule has 7 heteroatoms. The summed E-state index contributed by atoms with van der Waals surface area (Å²) in [6.45, 7) is 3.56. The van der Waals surface area contributed by atoms with Crippen molar-refractivity contribution >= 4 is 23.1 Å². The van der Waals surface area contributed by atoms with Gasteiger partial charge in [0, 0.05) is 31.4 Å². The van der Waals surface area contributed by atoms with Crippen LogP contribution < -0.4 is 0 Å². The minimum absolute atomic E-state index is 0.0904. The molecule has 0 spiro atoms. The highest BCUT2D eigenvalue weighted by molar-refractivity contribution is 7.08. The molecular formula is C16H17N5OS. The quantitative estimate of drug-likeness (QED) is 0.725. The lowest BCUT2D eigenvalue weighted by Crippen LogP contribution is -2.37. The van der Waals surface area contributed by atoms with Crippen molar-refractivity contribution in [3.05, 3.63) is 46.9 Å². The van der Waals surface area contributed by atoms with E-state index in [1.54, 1.807) is 12.3 Å². The summed E-state index contributed by atoms with van der Waals surface area (Å²) in [5.41, 5.74) is 2.07. The fourth-order valence-corrected chi connectivity index (χ4v) is 3.68. The Morgan fingerprint density at radius 2 is 2.09 bits per heavy atom. The summed E-state index contributed by atoms with van der Waals surface area (Å²) < 4.78 is 6.08. The van der Waals surface area contributed by atoms with Crippen molar-refractivity contribution < 1.29 is 4.79 Å². The van der Waals surface area contributed by atoms with Gasteiger partial charge in [0.05, 0.1) is 0 Å². The molecule has 4 heterocycles. The molecule has 0 radical (unpaired) electrons. The molecule has 1 aliphatic rings. The fourth-order valence-electron chi connectivity index (χ4n) is 3.11. The smallest absolute Gasteiger partial charge is 0.265 e. The highest BCUT2D eigenvalue weighted by atomic mass is 32.1. The summed E-state index contributed by atoms with van der Waals surface area (Å²) in [7, 11) is 0. The zero-order valence-corrected chi connectivity index (χ0v) is 13.7. The molecule has 118 valence electrons. The van der Waals surface area contributed by atoms with Gasteiger partial charge >= 0.3 is 0 Å². The number of fused-ring (bicyclic) bond motifs is 1. The summed E-state index contributed by atoms with van der Waals surface area (Å²) in [6, 6.07) is 5.90. The molecule has 23 heavy (non-hydrogen) atoms. The molecule has 0 atom stereocenters. The van der Waals surface area contributed by atoms with E-state index in [0.717, 1.165) is 37.4 Å². The standard InChI is InChI=1S/C16H17N5OS/c1-11-3-9-21-14(10-11)18-19-15(21)12-4-7-20(8-5-12)16(22)13-2-6-17-23-13/h2-3,6,9-10,12H,4-5,7-8H2,1H3. The molecule has 0 aliphatic carbocycles. The van der Waals surface area contributed by atoms with Gasteiger partial charge in [0.2, 0.25) is 0 Å². The molecule has 1 saturated heterocycles. The van der Waals surface area contributed by atoms with Crippen molar-refractivity contribution in [1.29, 1.82) is 0 Å². The molecular weight excluding hydrogens is 310 g/mol. The van der Waals surface area contributed by atoms with Crippen molar-refractivity contribution in [3.63, 3.8) is 0 Å². The van der Waals surface area contributed by atoms with E-state index in [1.807, 2.05) is 17.2 Å². The Morgan fingerprint density at radius 1 is 1.26 bits per heavy atom. The number of nitrogens with zero attached hydrogens (tertiary/aromatic N) is 5. The third kappa shape index (κ3) is 2.61. The topological polar surface area (TPSA) is 63.4 Å². The summed E-state index contributed by atoms with van der Waals surface area (Å²) in [6.07, 6.45) is 5.54. The minimum atomic E-state index is 0.0904. The molecule has 0 N–H and O–H groups in total. The largest absolute Gasteiger partial charge is 0.338 e. The second kappa shape index (κ2) is 5.73. The molecule has 1 amide bonds. The van der Waals surface area contributed by atoms with Gasteiger partial charge < -0.3 is 4.90 Å². The van der Waals surface area contributed by atoms with Crippen LogP contribution in [0.3, 0.4) is 0 Å². The van der Waals surface area contributed by atoms with Crippen molar-refractivity contribution in [3.8, 4) is 0 Å². The van der Waals surface area contributed by atoms with Gasteiger partial charge in [-0.2, -0.15) is 0 Å². The number of rotatable bonds is 2. The molecule has 3 aromatic rings. The highest BCUT2D eigenvalue weighted by Crippen LogP contribution is 2.28. The van der Waals surface area contributed by atoms with Crippen LogP contribution in [-0.2, 0) is 0 Å². The van der Waals surface area contributed by atoms with Crippen molar-refractivity contribution in [2.75, 3.05) is 13.1 Å². The number of carbonyl (C=O) groups is 1. The van der Waals surface area contributed by atoms with Crippen molar-refractivity contribution in [2.24, 2.45) is 0 Å². The van der Waals surface area contributed by atoms with E-state index in [0.29, 0.717) is 10.8 Å². The van der Waals surface area contributed by atoms with Crippen LogP contribution in [0.2, 0.25) is 0 Å². The van der Waals surface area contributed by atoms with Gasteiger partial charge in [0.1, 0.15) is 10.7 Å². The predicted molar refractivity (Wildman–Crippen MR) is 87.7 cm³/mol. The molecule has 4 rings (SSSR count). The Balaban J connectivity index is 1.49. The van der Waals surface area contributed by atoms with Crippen molar-refractivity contribution in [1.82, 2.24) is 23.9 Å². The van der Waals surface area contributed by atoms with Crippen LogP contribution >= 0.6 is 11.5 Å². The number of pyridine rings is 1. The van der Waals surface area contributed by atoms with E-state index >= 15 is 0 Å². The van der Waals surface area contributed by atoms with Crippen LogP contribution in [0.25, 0.3) is 5.65 Å². The van der Waals surface area contributed by atoms with Crippen LogP contribution in [0.5, 0.6) is 0 Å². The first-order chi connectivity index (χ1) is 11.2. The Morgan fingerprint density at radius 3 is 2.83 bits per heavy atom. The molecule has 1 aliphatic heterocycles. The van der Waals surface area contributed by atoms with E-state index in [4.69, 9.17) is 0 Å². The third-order valence-electron chi connectivity index (χ3n) is 4.39. The Labute approximate surface area is 137 Å². The lowest BCUT2D eigenvalue weighted by Gasteiger charge is -2.30. The zero-order valence-electron chi connectivity index (χ0n) is 12.8. The summed E-state index contributed by atoms with van der Waals surface area (Å²) in [4.78, 5) is 15.0. The first kappa shape index (κ1) is 14.3. The van der Waals surface area contributed by atoms with Crippen molar-refractivity contribution in [2.45, 2.75) is 25.7 Å². The van der Waals surface area contributed by atoms with Gasteiger partial charge in [-0.1, -0.05) is 0 Å². The predicted octanol–water partition coefficient (Wildman–Crippen LogP) is 2.51. The molecule has 3 aromatic heterocycles. The van der Waals surface area contributed by atoms with Gasteiger partial charge in [-0.25, -0.2) is 4.37 Å². The lowest BCUT2D eigenvalue weighted by atomic mass is 9.96. The number of piperidine rings is 1. The first-order valence-corrected chi connectivity index (χ1v) is 8.51. The van der Waals surface area contributed by atoms with Gasteiger partial charge in [-0.05, 0) is 55.1 Å². The number of carbonyl (C=O) groups excluding carboxylic acids is 1. The highest BCUT2D eigenvalue weighted by Gasteiger charge is 2.27. The second-order valence-corrected chi connectivity index (χ2v) is 6.77. The van der Waals surface area contributed by atoms with Crippen LogP contribution in [0.15, 0.2) is 30.6 Å². The van der Waals surface area contributed by atoms with Gasteiger partial charge in [0.25, 0.3) is 5.91 Å². The Bertz CT molecular complexity index is 833. The lowest BCUT2D eigenvalue weighted by molar-refractivity contribution is 0.0716. The normalized spacial score (nSPS) is 16.1. The molecule has 1 fully saturated rings. The zero-order chi connectivity index (χ0) is 15.8. The third-order valence-corrected chi connectivity index (χ3v) is 5.12. The Kier molecular flexibility index (Phi) is 3.57. The monoisotopic (exact) mass is 327 g/mol. The van der Waals surface area contributed by atoms with Gasteiger partial charge in [0.15, 0.2) is 5.65 Å². The van der Waals surface area contributed by atoms with Crippen LogP contribution in [0.1, 0.15) is 39.8 Å². The van der Waals surface area contributed by atoms with E-state index in [1.165, 1.54) is 17.1 Å². The second-order valence-electron chi connectivity index (χ2n) is 5.93. The molecule has 0 bridgehead atoms. The number of likely N-dealkylation sites (tertiary alicyclic amines) is 1. The summed E-state index contributed by atoms with van der Waals surface area (Å²) >= 11 is 1.26. The average molecular weight is 327 g/mol. The summed E-state index contributed by atoms with van der Waals surface area (Å²) in [5, 5.41) is 8.66. The number of hydrogen-bond acceptors (Lipinski definition) is 5. The molecule has 0 saturated carbocycles. The maximum Gasteiger partial charge on any atom is 0.265 e. The molecule has 0 aromatic carbocycles. The SMILES string of the molecule is Cc1ccn2c(C3CCN(C(=O)c4ccns4)CC3)nnc2c1. The minimum Gasteiger partial charge on any atom is -0.338 e. The number of aromatic nitrogens is 4. The molecule has 0 unspecified atom stereocenters. The first-order valence-electron chi connectivity index (χ1n) is 7.73. The van der Waals surface area contributed by atoms with E-state index in [2.05, 4.69) is 32.0 Å². The van der Waals surface area contributed by atoms with Gasteiger partial charge in [-0.3, -0.25) is 9.20 Å². The van der Waals surface area contributed by atoms with E-state index in [9.17, 15) is 4.79 Å². The fraction of sp³-hybridized carbons (Fsp3) is 0.375. The van der Waals surface area contributed by atoms with Crippen LogP contribution in [0, 0.1) is 6.92 Å². The number of hydrogen-bond donors (Lipinski definition) is 0. The van der Waals surface area contributed by atoms with Crippen LogP contribution in [-0.4, -0.2) is 42.9 Å². The Hall–Kier alpha value is -2.28. The summed E-state index contributed by atoms with van der Waals surface area (Å²) in [5.74, 6) is 1.44. The average Bonchev–Trinajstić information content (AvgIpc) is 3.23. The number of amides is 1. The van der Waals surface area contributed by atoms with E-state index < -0.39 is 0 Å². The van der Waals surface area contributed by atoms with E-state index in [-0.39, 0.29) is 5.91 Å². The molecule has 6 nitrogen and oxygen atoms in total. The maximum absolute atomic E-state index is 12.4.